The van der Waals surface area contributed by atoms with Gasteiger partial charge in [0.05, 0.1) is 0 Å². The van der Waals surface area contributed by atoms with Crippen molar-refractivity contribution in [3.05, 3.63) is 12.2 Å². The fourth-order valence-corrected chi connectivity index (χ4v) is 3.62. The number of ether oxygens (including phenoxy) is 3. The number of esters is 1. The van der Waals surface area contributed by atoms with Crippen LogP contribution < -0.4 is 5.32 Å². The van der Waals surface area contributed by atoms with Gasteiger partial charge in [0.1, 0.15) is 35.8 Å². The number of rotatable bonds is 3. The Morgan fingerprint density at radius 3 is 3.39 bits per heavy atom. The van der Waals surface area contributed by atoms with E-state index in [1.165, 1.54) is 0 Å². The first-order valence-electron chi connectivity index (χ1n) is 6.30. The molecule has 4 aliphatic rings. The molecule has 0 aromatic carbocycles. The maximum atomic E-state index is 11.9. The minimum atomic E-state index is -0.389. The van der Waals surface area contributed by atoms with E-state index in [9.17, 15) is 4.79 Å². The predicted molar refractivity (Wildman–Crippen MR) is 65.5 cm³/mol. The van der Waals surface area contributed by atoms with Crippen LogP contribution in [-0.4, -0.2) is 60.6 Å². The molecule has 1 N–H and O–H groups in total. The molecular formula is C12H15NO4S. The lowest BCUT2D eigenvalue weighted by atomic mass is 9.97. The molecule has 0 unspecified atom stereocenters. The fourth-order valence-electron chi connectivity index (χ4n) is 2.63. The highest BCUT2D eigenvalue weighted by atomic mass is 32.2. The second-order valence-corrected chi connectivity index (χ2v) is 6.40. The van der Waals surface area contributed by atoms with Crippen LogP contribution >= 0.6 is 11.8 Å². The summed E-state index contributed by atoms with van der Waals surface area (Å²) in [5.74, 6) is 0.824. The molecule has 0 saturated carbocycles. The van der Waals surface area contributed by atoms with Gasteiger partial charge in [-0.05, 0) is 6.08 Å². The highest BCUT2D eigenvalue weighted by Crippen LogP contribution is 2.52. The Balaban J connectivity index is 1.32. The average molecular weight is 269 g/mol. The molecule has 3 heterocycles. The van der Waals surface area contributed by atoms with E-state index in [1.54, 1.807) is 11.8 Å². The van der Waals surface area contributed by atoms with Crippen LogP contribution in [0.2, 0.25) is 0 Å². The van der Waals surface area contributed by atoms with Crippen LogP contribution in [0.1, 0.15) is 0 Å². The standard InChI is InChI=1S/C12H15NO4S/c14-11(8-5-13-3-4-18-8)15-6-12-2-1-7-9(16-7)10(12)17-12/h1-2,7-10,13H,3-6H2/t7-,8+,9-,10-,12+/m0/s1. The molecule has 0 radical (unpaired) electrons. The quantitative estimate of drug-likeness (QED) is 0.431. The smallest absolute Gasteiger partial charge is 0.320 e. The van der Waals surface area contributed by atoms with Crippen molar-refractivity contribution in [3.63, 3.8) is 0 Å². The van der Waals surface area contributed by atoms with Gasteiger partial charge >= 0.3 is 5.97 Å². The molecular weight excluding hydrogens is 254 g/mol. The summed E-state index contributed by atoms with van der Waals surface area (Å²) in [4.78, 5) is 11.9. The van der Waals surface area contributed by atoms with Gasteiger partial charge in [0, 0.05) is 18.8 Å². The SMILES string of the molecule is O=C(OC[C@]12C=C[C@@H]3O[C@@H]3[C@@H]1O2)[C@H]1CNCCS1. The third kappa shape index (κ3) is 1.79. The molecule has 0 aromatic rings. The second kappa shape index (κ2) is 3.96. The Morgan fingerprint density at radius 1 is 1.61 bits per heavy atom. The van der Waals surface area contributed by atoms with Gasteiger partial charge in [0.25, 0.3) is 0 Å². The van der Waals surface area contributed by atoms with Gasteiger partial charge < -0.3 is 19.5 Å². The Hall–Kier alpha value is -0.560. The van der Waals surface area contributed by atoms with Crippen LogP contribution in [0.4, 0.5) is 0 Å². The summed E-state index contributed by atoms with van der Waals surface area (Å²) in [6.45, 7) is 1.98. The van der Waals surface area contributed by atoms with E-state index < -0.39 is 0 Å². The monoisotopic (exact) mass is 269 g/mol. The number of nitrogens with one attached hydrogen (secondary N) is 1. The summed E-state index contributed by atoms with van der Waals surface area (Å²) >= 11 is 1.66. The van der Waals surface area contributed by atoms with Crippen molar-refractivity contribution in [1.82, 2.24) is 5.32 Å². The van der Waals surface area contributed by atoms with Crippen molar-refractivity contribution < 1.29 is 19.0 Å². The molecule has 18 heavy (non-hydrogen) atoms. The zero-order valence-corrected chi connectivity index (χ0v) is 10.7. The van der Waals surface area contributed by atoms with Gasteiger partial charge in [-0.15, -0.1) is 11.8 Å². The minimum absolute atomic E-state index is 0.0788. The lowest BCUT2D eigenvalue weighted by Crippen LogP contribution is -2.39. The van der Waals surface area contributed by atoms with E-state index in [-0.39, 0.29) is 35.1 Å². The van der Waals surface area contributed by atoms with Gasteiger partial charge in [-0.2, -0.15) is 0 Å². The lowest BCUT2D eigenvalue weighted by Gasteiger charge is -2.21. The molecule has 4 rings (SSSR count). The molecule has 3 fully saturated rings. The van der Waals surface area contributed by atoms with E-state index >= 15 is 0 Å². The van der Waals surface area contributed by atoms with E-state index in [1.807, 2.05) is 12.2 Å². The topological polar surface area (TPSA) is 63.4 Å². The van der Waals surface area contributed by atoms with Gasteiger partial charge in [-0.1, -0.05) is 6.08 Å². The number of epoxide rings is 2. The van der Waals surface area contributed by atoms with Gasteiger partial charge in [-0.25, -0.2) is 0 Å². The first-order chi connectivity index (χ1) is 8.78. The van der Waals surface area contributed by atoms with Crippen LogP contribution in [0.3, 0.4) is 0 Å². The van der Waals surface area contributed by atoms with Crippen LogP contribution in [0, 0.1) is 0 Å². The normalized spacial score (nSPS) is 48.0. The summed E-state index contributed by atoms with van der Waals surface area (Å²) in [6, 6.07) is 0. The van der Waals surface area contributed by atoms with E-state index in [0.29, 0.717) is 13.2 Å². The second-order valence-electron chi connectivity index (χ2n) is 5.09. The minimum Gasteiger partial charge on any atom is -0.461 e. The summed E-state index contributed by atoms with van der Waals surface area (Å²) in [5.41, 5.74) is -0.389. The van der Waals surface area contributed by atoms with E-state index in [2.05, 4.69) is 5.32 Å². The van der Waals surface area contributed by atoms with Crippen molar-refractivity contribution in [2.24, 2.45) is 0 Å². The fraction of sp³-hybridized carbons (Fsp3) is 0.750. The molecule has 5 atom stereocenters. The largest absolute Gasteiger partial charge is 0.461 e. The van der Waals surface area contributed by atoms with Crippen LogP contribution in [0.25, 0.3) is 0 Å². The summed E-state index contributed by atoms with van der Waals surface area (Å²) in [6.07, 6.45) is 4.53. The van der Waals surface area contributed by atoms with E-state index in [4.69, 9.17) is 14.2 Å². The Labute approximate surface area is 109 Å². The lowest BCUT2D eigenvalue weighted by molar-refractivity contribution is -0.144. The third-order valence-electron chi connectivity index (χ3n) is 3.83. The Kier molecular flexibility index (Phi) is 2.49. The van der Waals surface area contributed by atoms with E-state index in [0.717, 1.165) is 12.3 Å². The predicted octanol–water partition coefficient (Wildman–Crippen LogP) is -0.291. The summed E-state index contributed by atoms with van der Waals surface area (Å²) < 4.78 is 16.5. The molecule has 3 saturated heterocycles. The van der Waals surface area contributed by atoms with Crippen molar-refractivity contribution in [2.75, 3.05) is 25.4 Å². The average Bonchev–Trinajstić information content (AvgIpc) is 3.28. The molecule has 0 spiro atoms. The number of fused-ring (bicyclic) bond motifs is 3. The molecule has 0 amide bonds. The molecule has 0 bridgehead atoms. The number of hydrogen-bond donors (Lipinski definition) is 1. The van der Waals surface area contributed by atoms with Crippen LogP contribution in [0.5, 0.6) is 0 Å². The Morgan fingerprint density at radius 2 is 2.56 bits per heavy atom. The molecule has 0 aromatic heterocycles. The molecule has 98 valence electrons. The number of carbonyl (C=O) groups excluding carboxylic acids is 1. The number of carbonyl (C=O) groups is 1. The van der Waals surface area contributed by atoms with Crippen molar-refractivity contribution in [2.45, 2.75) is 29.2 Å². The Bertz CT molecular complexity index is 409. The highest BCUT2D eigenvalue weighted by molar-refractivity contribution is 8.00. The zero-order valence-electron chi connectivity index (χ0n) is 9.83. The van der Waals surface area contributed by atoms with Gasteiger partial charge in [-0.3, -0.25) is 4.79 Å². The first-order valence-corrected chi connectivity index (χ1v) is 7.35. The van der Waals surface area contributed by atoms with Crippen LogP contribution in [0.15, 0.2) is 12.2 Å². The van der Waals surface area contributed by atoms with Crippen molar-refractivity contribution >= 4 is 17.7 Å². The maximum Gasteiger partial charge on any atom is 0.320 e. The summed E-state index contributed by atoms with van der Waals surface area (Å²) in [7, 11) is 0. The molecule has 5 nitrogen and oxygen atoms in total. The maximum absolute atomic E-state index is 11.9. The number of hydrogen-bond acceptors (Lipinski definition) is 6. The highest BCUT2D eigenvalue weighted by Gasteiger charge is 2.68. The van der Waals surface area contributed by atoms with Gasteiger partial charge in [0.15, 0.2) is 0 Å². The summed E-state index contributed by atoms with van der Waals surface area (Å²) in [5, 5.41) is 3.12. The van der Waals surface area contributed by atoms with Crippen molar-refractivity contribution in [1.29, 1.82) is 0 Å². The third-order valence-corrected chi connectivity index (χ3v) is 5.03. The zero-order chi connectivity index (χ0) is 12.2. The first kappa shape index (κ1) is 11.3. The molecule has 1 aliphatic carbocycles. The van der Waals surface area contributed by atoms with Crippen LogP contribution in [-0.2, 0) is 19.0 Å². The molecule has 3 aliphatic heterocycles. The number of thioether (sulfide) groups is 1. The van der Waals surface area contributed by atoms with Gasteiger partial charge in [0.2, 0.25) is 0 Å². The van der Waals surface area contributed by atoms with Crippen molar-refractivity contribution in [3.8, 4) is 0 Å². The molecule has 6 heteroatoms.